The van der Waals surface area contributed by atoms with E-state index in [0.29, 0.717) is 17.1 Å². The van der Waals surface area contributed by atoms with E-state index in [1.54, 1.807) is 20.8 Å². The van der Waals surface area contributed by atoms with Crippen LogP contribution >= 0.6 is 0 Å². The number of hydrogen-bond donors (Lipinski definition) is 8. The molecule has 0 saturated heterocycles. The SMILES string of the molecule is Cc1cc(=O)[nH]c(NC(=O)NCCN(CCNC(=O)Nc2nc(C)cc(=O)[nH]2)CCN(C(N)=O)c2nc(C)cc(=O)[nH]2)n1. The van der Waals surface area contributed by atoms with Crippen molar-refractivity contribution < 1.29 is 14.4 Å². The summed E-state index contributed by atoms with van der Waals surface area (Å²) < 4.78 is 0. The molecule has 0 spiro atoms. The zero-order chi connectivity index (χ0) is 31.5. The van der Waals surface area contributed by atoms with Crippen molar-refractivity contribution in [3.63, 3.8) is 0 Å². The molecule has 19 nitrogen and oxygen atoms in total. The molecule has 3 rings (SSSR count). The predicted octanol–water partition coefficient (Wildman–Crippen LogP) is -1.31. The van der Waals surface area contributed by atoms with Crippen LogP contribution in [0.4, 0.5) is 32.2 Å². The Balaban J connectivity index is 1.61. The van der Waals surface area contributed by atoms with Crippen LogP contribution in [0.3, 0.4) is 0 Å². The van der Waals surface area contributed by atoms with Gasteiger partial charge >= 0.3 is 18.1 Å². The molecule has 0 saturated carbocycles. The first-order valence-electron chi connectivity index (χ1n) is 13.0. The lowest BCUT2D eigenvalue weighted by molar-refractivity contribution is 0.240. The van der Waals surface area contributed by atoms with Crippen LogP contribution in [-0.4, -0.2) is 92.2 Å². The number of carbonyl (C=O) groups is 3. The minimum absolute atomic E-state index is 0.0169. The molecule has 9 N–H and O–H groups in total. The maximum atomic E-state index is 12.3. The third kappa shape index (κ3) is 10.7. The molecule has 0 radical (unpaired) electrons. The van der Waals surface area contributed by atoms with Gasteiger partial charge in [0.05, 0.1) is 0 Å². The highest BCUT2D eigenvalue weighted by Gasteiger charge is 2.18. The average Bonchev–Trinajstić information content (AvgIpc) is 2.86. The van der Waals surface area contributed by atoms with Crippen LogP contribution in [0.25, 0.3) is 0 Å². The van der Waals surface area contributed by atoms with E-state index in [1.165, 1.54) is 18.2 Å². The molecular weight excluding hydrogens is 566 g/mol. The number of rotatable bonds is 12. The molecule has 3 aromatic rings. The quantitative estimate of drug-likeness (QED) is 0.122. The van der Waals surface area contributed by atoms with Gasteiger partial charge in [-0.05, 0) is 20.8 Å². The minimum atomic E-state index is -0.844. The summed E-state index contributed by atoms with van der Waals surface area (Å²) in [7, 11) is 0. The average molecular weight is 600 g/mol. The van der Waals surface area contributed by atoms with Gasteiger partial charge in [0.25, 0.3) is 16.7 Å². The highest BCUT2D eigenvalue weighted by molar-refractivity contribution is 5.89. The van der Waals surface area contributed by atoms with Crippen LogP contribution in [0.15, 0.2) is 32.6 Å². The molecule has 3 heterocycles. The van der Waals surface area contributed by atoms with Crippen molar-refractivity contribution >= 4 is 35.9 Å². The van der Waals surface area contributed by atoms with Crippen molar-refractivity contribution in [2.75, 3.05) is 54.8 Å². The smallest absolute Gasteiger partial charge is 0.321 e. The second-order valence-electron chi connectivity index (χ2n) is 9.27. The Morgan fingerprint density at radius 1 is 0.698 bits per heavy atom. The molecule has 0 fully saturated rings. The van der Waals surface area contributed by atoms with E-state index >= 15 is 0 Å². The van der Waals surface area contributed by atoms with Crippen LogP contribution in [0.2, 0.25) is 0 Å². The van der Waals surface area contributed by atoms with Gasteiger partial charge in [0, 0.05) is 74.5 Å². The van der Waals surface area contributed by atoms with Crippen LogP contribution in [0, 0.1) is 20.8 Å². The van der Waals surface area contributed by atoms with E-state index in [4.69, 9.17) is 5.73 Å². The standard InChI is InChI=1S/C24H33N13O6/c1-13-10-16(38)31-20(28-13)34-23(42)26-4-6-36(7-5-27-24(43)35-21-29-14(2)11-17(39)32-21)8-9-37(19(25)41)22-30-15(3)12-18(40)33-22/h10-12H,4-9H2,1-3H3,(H2,25,41)(H,30,33,40)(H3,26,28,31,34,38,42)(H3,27,29,32,35,39,43). The molecule has 0 aliphatic carbocycles. The fourth-order valence-corrected chi connectivity index (χ4v) is 3.82. The lowest BCUT2D eigenvalue weighted by Crippen LogP contribution is -2.47. The summed E-state index contributed by atoms with van der Waals surface area (Å²) in [6, 6.07) is 1.75. The van der Waals surface area contributed by atoms with Crippen molar-refractivity contribution in [1.29, 1.82) is 0 Å². The summed E-state index contributed by atoms with van der Waals surface area (Å²) in [5.41, 5.74) is 5.49. The first-order valence-corrected chi connectivity index (χ1v) is 13.0. The largest absolute Gasteiger partial charge is 0.351 e. The molecular formula is C24H33N13O6. The van der Waals surface area contributed by atoms with E-state index in [9.17, 15) is 28.8 Å². The number of aromatic amines is 3. The molecule has 6 amide bonds. The molecule has 0 aromatic carbocycles. The molecule has 19 heteroatoms. The van der Waals surface area contributed by atoms with Crippen molar-refractivity contribution in [3.05, 3.63) is 66.3 Å². The maximum absolute atomic E-state index is 12.3. The molecule has 0 unspecified atom stereocenters. The normalized spacial score (nSPS) is 10.7. The third-order valence-corrected chi connectivity index (χ3v) is 5.65. The molecule has 230 valence electrons. The molecule has 0 aliphatic heterocycles. The Kier molecular flexibility index (Phi) is 11.0. The van der Waals surface area contributed by atoms with Gasteiger partial charge in [-0.15, -0.1) is 0 Å². The van der Waals surface area contributed by atoms with E-state index < -0.39 is 34.8 Å². The van der Waals surface area contributed by atoms with Gasteiger partial charge in [-0.3, -0.25) is 49.8 Å². The van der Waals surface area contributed by atoms with E-state index in [1.807, 2.05) is 4.90 Å². The van der Waals surface area contributed by atoms with Gasteiger partial charge in [0.1, 0.15) is 0 Å². The molecule has 0 aliphatic rings. The summed E-state index contributed by atoms with van der Waals surface area (Å²) >= 11 is 0. The number of carbonyl (C=O) groups excluding carboxylic acids is 3. The first-order chi connectivity index (χ1) is 20.4. The van der Waals surface area contributed by atoms with Crippen molar-refractivity contribution in [2.24, 2.45) is 5.73 Å². The Labute approximate surface area is 243 Å². The topological polar surface area (TPSA) is 269 Å². The van der Waals surface area contributed by atoms with Crippen molar-refractivity contribution in [1.82, 2.24) is 45.4 Å². The van der Waals surface area contributed by atoms with Crippen LogP contribution in [-0.2, 0) is 0 Å². The Hall–Kier alpha value is -5.59. The molecule has 0 bridgehead atoms. The number of urea groups is 3. The summed E-state index contributed by atoms with van der Waals surface area (Å²) in [6.45, 7) is 5.79. The number of H-pyrrole nitrogens is 3. The predicted molar refractivity (Wildman–Crippen MR) is 156 cm³/mol. The second-order valence-corrected chi connectivity index (χ2v) is 9.27. The zero-order valence-corrected chi connectivity index (χ0v) is 23.7. The van der Waals surface area contributed by atoms with Gasteiger partial charge < -0.3 is 16.4 Å². The molecule has 3 aromatic heterocycles. The van der Waals surface area contributed by atoms with Crippen LogP contribution < -0.4 is 48.6 Å². The van der Waals surface area contributed by atoms with Crippen LogP contribution in [0.5, 0.6) is 0 Å². The number of nitrogens with zero attached hydrogens (tertiary/aromatic N) is 5. The number of aryl methyl sites for hydroxylation is 3. The number of amides is 6. The Morgan fingerprint density at radius 2 is 1.14 bits per heavy atom. The number of anilines is 3. The fraction of sp³-hybridized carbons (Fsp3) is 0.375. The van der Waals surface area contributed by atoms with Gasteiger partial charge in [0.15, 0.2) is 0 Å². The maximum Gasteiger partial charge on any atom is 0.321 e. The summed E-state index contributed by atoms with van der Waals surface area (Å²) in [5.74, 6) is -0.0572. The highest BCUT2D eigenvalue weighted by Crippen LogP contribution is 2.06. The monoisotopic (exact) mass is 599 g/mol. The number of primary amides is 1. The summed E-state index contributed by atoms with van der Waals surface area (Å²) in [5, 5.41) is 10.2. The fourth-order valence-electron chi connectivity index (χ4n) is 3.82. The van der Waals surface area contributed by atoms with Gasteiger partial charge in [-0.1, -0.05) is 0 Å². The Morgan fingerprint density at radius 3 is 1.56 bits per heavy atom. The lowest BCUT2D eigenvalue weighted by atomic mass is 10.4. The highest BCUT2D eigenvalue weighted by atomic mass is 16.2. The van der Waals surface area contributed by atoms with E-state index in [-0.39, 0.29) is 57.1 Å². The lowest BCUT2D eigenvalue weighted by Gasteiger charge is -2.26. The van der Waals surface area contributed by atoms with Gasteiger partial charge in [-0.2, -0.15) is 0 Å². The summed E-state index contributed by atoms with van der Waals surface area (Å²) in [6.07, 6.45) is 0. The zero-order valence-electron chi connectivity index (χ0n) is 23.7. The molecule has 0 atom stereocenters. The first kappa shape index (κ1) is 31.9. The van der Waals surface area contributed by atoms with Crippen LogP contribution in [0.1, 0.15) is 17.1 Å². The van der Waals surface area contributed by atoms with Crippen molar-refractivity contribution in [3.8, 4) is 0 Å². The number of nitrogens with one attached hydrogen (secondary N) is 7. The van der Waals surface area contributed by atoms with Gasteiger partial charge in [-0.25, -0.2) is 29.3 Å². The summed E-state index contributed by atoms with van der Waals surface area (Å²) in [4.78, 5) is 94.4. The van der Waals surface area contributed by atoms with Crippen molar-refractivity contribution in [2.45, 2.75) is 20.8 Å². The Bertz CT molecular complexity index is 1550. The minimum Gasteiger partial charge on any atom is -0.351 e. The van der Waals surface area contributed by atoms with Gasteiger partial charge in [0.2, 0.25) is 17.8 Å². The number of aromatic nitrogens is 6. The molecule has 43 heavy (non-hydrogen) atoms. The van der Waals surface area contributed by atoms with E-state index in [2.05, 4.69) is 51.2 Å². The van der Waals surface area contributed by atoms with E-state index in [0.717, 1.165) is 4.90 Å². The number of nitrogens with two attached hydrogens (primary N) is 1. The second kappa shape index (κ2) is 14.9. The third-order valence-electron chi connectivity index (χ3n) is 5.65. The number of hydrogen-bond acceptors (Lipinski definition) is 10.